The lowest BCUT2D eigenvalue weighted by Gasteiger charge is -2.29. The molecule has 1 saturated heterocycles. The van der Waals surface area contributed by atoms with Crippen LogP contribution in [0.2, 0.25) is 0 Å². The second-order valence-corrected chi connectivity index (χ2v) is 3.43. The maximum atomic E-state index is 11.4. The van der Waals surface area contributed by atoms with Crippen LogP contribution < -0.4 is 0 Å². The molecule has 0 spiro atoms. The lowest BCUT2D eigenvalue weighted by molar-refractivity contribution is 0.1000. The average molecular weight is 195 g/mol. The highest BCUT2D eigenvalue weighted by Crippen LogP contribution is 2.18. The van der Waals surface area contributed by atoms with Crippen molar-refractivity contribution in [1.29, 1.82) is 0 Å². The van der Waals surface area contributed by atoms with Gasteiger partial charge in [0, 0.05) is 13.1 Å². The number of hydrogen-bond donors (Lipinski definition) is 0. The molecule has 3 heteroatoms. The Labute approximate surface area is 85.0 Å². The summed E-state index contributed by atoms with van der Waals surface area (Å²) in [4.78, 5) is 13.1. The van der Waals surface area contributed by atoms with Gasteiger partial charge in [0.15, 0.2) is 0 Å². The first-order chi connectivity index (χ1) is 6.77. The third-order valence-electron chi connectivity index (χ3n) is 2.46. The van der Waals surface area contributed by atoms with Crippen LogP contribution in [0.5, 0.6) is 0 Å². The number of hydrogen-bond acceptors (Lipinski definition) is 2. The number of nitrogens with zero attached hydrogens (tertiary/aromatic N) is 1. The van der Waals surface area contributed by atoms with Crippen molar-refractivity contribution in [2.45, 2.75) is 12.8 Å². The zero-order valence-corrected chi connectivity index (χ0v) is 8.45. The van der Waals surface area contributed by atoms with Gasteiger partial charge >= 0.3 is 6.09 Å². The van der Waals surface area contributed by atoms with Gasteiger partial charge in [0.25, 0.3) is 0 Å². The summed E-state index contributed by atoms with van der Waals surface area (Å²) in [6, 6.07) is 0. The SMILES string of the molecule is C=CCOC(=O)N1CCC(C=C)CC1. The number of carbonyl (C=O) groups is 1. The Bertz CT molecular complexity index is 217. The molecule has 0 N–H and O–H groups in total. The molecule has 0 bridgehead atoms. The van der Waals surface area contributed by atoms with E-state index in [1.165, 1.54) is 0 Å². The average Bonchev–Trinajstić information content (AvgIpc) is 2.26. The van der Waals surface area contributed by atoms with E-state index in [1.54, 1.807) is 11.0 Å². The standard InChI is InChI=1S/C11H17NO2/c1-3-9-14-11(13)12-7-5-10(4-2)6-8-12/h3-4,10H,1-2,5-9H2. The van der Waals surface area contributed by atoms with Crippen LogP contribution in [0, 0.1) is 5.92 Å². The number of allylic oxidation sites excluding steroid dienone is 1. The summed E-state index contributed by atoms with van der Waals surface area (Å²) in [5.41, 5.74) is 0. The van der Waals surface area contributed by atoms with Crippen LogP contribution in [-0.2, 0) is 4.74 Å². The molecule has 78 valence electrons. The second kappa shape index (κ2) is 5.47. The second-order valence-electron chi connectivity index (χ2n) is 3.43. The Balaban J connectivity index is 2.29. The Morgan fingerprint density at radius 3 is 2.57 bits per heavy atom. The van der Waals surface area contributed by atoms with Gasteiger partial charge in [-0.05, 0) is 18.8 Å². The molecule has 1 aliphatic heterocycles. The van der Waals surface area contributed by atoms with Gasteiger partial charge < -0.3 is 9.64 Å². The molecule has 0 aromatic heterocycles. The van der Waals surface area contributed by atoms with Crippen molar-refractivity contribution in [2.24, 2.45) is 5.92 Å². The van der Waals surface area contributed by atoms with Crippen LogP contribution >= 0.6 is 0 Å². The minimum absolute atomic E-state index is 0.229. The summed E-state index contributed by atoms with van der Waals surface area (Å²) < 4.78 is 4.94. The molecule has 0 saturated carbocycles. The van der Waals surface area contributed by atoms with Crippen molar-refractivity contribution in [2.75, 3.05) is 19.7 Å². The summed E-state index contributed by atoms with van der Waals surface area (Å²) >= 11 is 0. The van der Waals surface area contributed by atoms with E-state index in [2.05, 4.69) is 13.2 Å². The van der Waals surface area contributed by atoms with Gasteiger partial charge in [-0.25, -0.2) is 4.79 Å². The third kappa shape index (κ3) is 2.91. The summed E-state index contributed by atoms with van der Waals surface area (Å²) in [5, 5.41) is 0. The van der Waals surface area contributed by atoms with Crippen LogP contribution in [0.3, 0.4) is 0 Å². The molecule has 14 heavy (non-hydrogen) atoms. The minimum atomic E-state index is -0.229. The smallest absolute Gasteiger partial charge is 0.410 e. The Hall–Kier alpha value is -1.25. The topological polar surface area (TPSA) is 29.5 Å². The summed E-state index contributed by atoms with van der Waals surface area (Å²) in [5.74, 6) is 0.554. The maximum absolute atomic E-state index is 11.4. The quantitative estimate of drug-likeness (QED) is 0.646. The molecule has 0 aliphatic carbocycles. The van der Waals surface area contributed by atoms with Crippen LogP contribution in [0.4, 0.5) is 4.79 Å². The fraction of sp³-hybridized carbons (Fsp3) is 0.545. The molecule has 1 amide bonds. The van der Waals surface area contributed by atoms with E-state index in [0.29, 0.717) is 12.5 Å². The number of rotatable bonds is 3. The van der Waals surface area contributed by atoms with Crippen LogP contribution in [0.15, 0.2) is 25.3 Å². The molecular formula is C11H17NO2. The van der Waals surface area contributed by atoms with Gasteiger partial charge in [0.1, 0.15) is 6.61 Å². The fourth-order valence-electron chi connectivity index (χ4n) is 1.54. The molecule has 0 aromatic rings. The van der Waals surface area contributed by atoms with Gasteiger partial charge in [0.2, 0.25) is 0 Å². The van der Waals surface area contributed by atoms with Crippen LogP contribution in [-0.4, -0.2) is 30.7 Å². The number of piperidine rings is 1. The van der Waals surface area contributed by atoms with Crippen molar-refractivity contribution >= 4 is 6.09 Å². The van der Waals surface area contributed by atoms with Gasteiger partial charge in [-0.2, -0.15) is 0 Å². The van der Waals surface area contributed by atoms with E-state index in [4.69, 9.17) is 4.74 Å². The van der Waals surface area contributed by atoms with E-state index in [1.807, 2.05) is 6.08 Å². The van der Waals surface area contributed by atoms with E-state index in [-0.39, 0.29) is 6.09 Å². The molecule has 1 fully saturated rings. The Morgan fingerprint density at radius 1 is 1.43 bits per heavy atom. The van der Waals surface area contributed by atoms with Crippen molar-refractivity contribution in [3.63, 3.8) is 0 Å². The first-order valence-corrected chi connectivity index (χ1v) is 4.93. The Kier molecular flexibility index (Phi) is 4.23. The fourth-order valence-corrected chi connectivity index (χ4v) is 1.54. The monoisotopic (exact) mass is 195 g/mol. The summed E-state index contributed by atoms with van der Waals surface area (Å²) in [6.07, 6.45) is 5.30. The largest absolute Gasteiger partial charge is 0.445 e. The molecular weight excluding hydrogens is 178 g/mol. The van der Waals surface area contributed by atoms with Crippen LogP contribution in [0.1, 0.15) is 12.8 Å². The van der Waals surface area contributed by atoms with Crippen molar-refractivity contribution in [1.82, 2.24) is 4.90 Å². The summed E-state index contributed by atoms with van der Waals surface area (Å²) in [6.45, 7) is 9.08. The lowest BCUT2D eigenvalue weighted by Crippen LogP contribution is -2.38. The van der Waals surface area contributed by atoms with Gasteiger partial charge in [-0.1, -0.05) is 18.7 Å². The normalized spacial score (nSPS) is 17.6. The number of carbonyl (C=O) groups excluding carboxylic acids is 1. The highest BCUT2D eigenvalue weighted by Gasteiger charge is 2.21. The minimum Gasteiger partial charge on any atom is -0.445 e. The van der Waals surface area contributed by atoms with E-state index < -0.39 is 0 Å². The van der Waals surface area contributed by atoms with Crippen molar-refractivity contribution < 1.29 is 9.53 Å². The molecule has 3 nitrogen and oxygen atoms in total. The predicted octanol–water partition coefficient (Wildman–Crippen LogP) is 2.21. The molecule has 1 heterocycles. The third-order valence-corrected chi connectivity index (χ3v) is 2.46. The predicted molar refractivity (Wildman–Crippen MR) is 56.0 cm³/mol. The van der Waals surface area contributed by atoms with Gasteiger partial charge in [-0.15, -0.1) is 6.58 Å². The van der Waals surface area contributed by atoms with Crippen molar-refractivity contribution in [3.05, 3.63) is 25.3 Å². The summed E-state index contributed by atoms with van der Waals surface area (Å²) in [7, 11) is 0. The first-order valence-electron chi connectivity index (χ1n) is 4.93. The maximum Gasteiger partial charge on any atom is 0.410 e. The highest BCUT2D eigenvalue weighted by atomic mass is 16.6. The highest BCUT2D eigenvalue weighted by molar-refractivity contribution is 5.67. The molecule has 0 unspecified atom stereocenters. The Morgan fingerprint density at radius 2 is 2.07 bits per heavy atom. The van der Waals surface area contributed by atoms with Crippen molar-refractivity contribution in [3.8, 4) is 0 Å². The number of ether oxygens (including phenoxy) is 1. The zero-order chi connectivity index (χ0) is 10.4. The lowest BCUT2D eigenvalue weighted by atomic mass is 9.98. The van der Waals surface area contributed by atoms with E-state index in [0.717, 1.165) is 25.9 Å². The molecule has 0 atom stereocenters. The van der Waals surface area contributed by atoms with Gasteiger partial charge in [-0.3, -0.25) is 0 Å². The molecule has 0 aromatic carbocycles. The molecule has 1 rings (SSSR count). The van der Waals surface area contributed by atoms with E-state index >= 15 is 0 Å². The molecule has 0 radical (unpaired) electrons. The number of likely N-dealkylation sites (tertiary alicyclic amines) is 1. The first kappa shape index (κ1) is 10.8. The van der Waals surface area contributed by atoms with E-state index in [9.17, 15) is 4.79 Å². The van der Waals surface area contributed by atoms with Crippen LogP contribution in [0.25, 0.3) is 0 Å². The zero-order valence-electron chi connectivity index (χ0n) is 8.45. The van der Waals surface area contributed by atoms with Gasteiger partial charge in [0.05, 0.1) is 0 Å². The molecule has 1 aliphatic rings. The number of amides is 1.